The van der Waals surface area contributed by atoms with Gasteiger partial charge in [-0.2, -0.15) is 0 Å². The molecule has 1 fully saturated rings. The number of rotatable bonds is 5. The summed E-state index contributed by atoms with van der Waals surface area (Å²) in [6.45, 7) is 6.54. The van der Waals surface area contributed by atoms with Crippen LogP contribution in [0.2, 0.25) is 0 Å². The van der Waals surface area contributed by atoms with Crippen LogP contribution in [0.1, 0.15) is 34.1 Å². The monoisotopic (exact) mass is 287 g/mol. The number of carbonyl (C=O) groups is 1. The van der Waals surface area contributed by atoms with E-state index in [4.69, 9.17) is 24.5 Å². The van der Waals surface area contributed by atoms with E-state index in [1.165, 1.54) is 14.0 Å². The molecular weight excluding hydrogens is 266 g/mol. The number of nitrogens with zero attached hydrogens (tertiary/aromatic N) is 3. The molecule has 0 aromatic carbocycles. The number of carbonyl (C=O) groups excluding carboxylic acids is 1. The Morgan fingerprint density at radius 2 is 2.15 bits per heavy atom. The minimum Gasteiger partial charge on any atom is -0.459 e. The molecule has 0 bridgehead atoms. The number of esters is 1. The summed E-state index contributed by atoms with van der Waals surface area (Å²) in [5, 5.41) is 3.68. The first-order chi connectivity index (χ1) is 9.29. The van der Waals surface area contributed by atoms with Gasteiger partial charge in [0.2, 0.25) is 0 Å². The van der Waals surface area contributed by atoms with Crippen LogP contribution in [0.15, 0.2) is 5.11 Å². The summed E-state index contributed by atoms with van der Waals surface area (Å²) in [4.78, 5) is 13.9. The van der Waals surface area contributed by atoms with Gasteiger partial charge in [0.05, 0.1) is 12.1 Å². The lowest BCUT2D eigenvalue weighted by Gasteiger charge is -2.40. The summed E-state index contributed by atoms with van der Waals surface area (Å²) in [5.74, 6) is -1.26. The minimum absolute atomic E-state index is 0.291. The van der Waals surface area contributed by atoms with Crippen molar-refractivity contribution in [3.8, 4) is 0 Å². The van der Waals surface area contributed by atoms with Crippen LogP contribution in [0.5, 0.6) is 0 Å². The topological polar surface area (TPSA) is 103 Å². The second-order valence-corrected chi connectivity index (χ2v) is 5.07. The Balaban J connectivity index is 2.79. The maximum atomic E-state index is 11.1. The van der Waals surface area contributed by atoms with Gasteiger partial charge >= 0.3 is 5.97 Å². The zero-order valence-corrected chi connectivity index (χ0v) is 12.4. The number of hydrogen-bond donors (Lipinski definition) is 0. The Morgan fingerprint density at radius 1 is 1.50 bits per heavy atom. The predicted molar refractivity (Wildman–Crippen MR) is 69.6 cm³/mol. The Hall–Kier alpha value is -1.34. The molecular formula is C12H21N3O5. The average Bonchev–Trinajstić information content (AvgIpc) is 2.33. The van der Waals surface area contributed by atoms with Gasteiger partial charge < -0.3 is 18.9 Å². The maximum Gasteiger partial charge on any atom is 0.303 e. The molecule has 0 aliphatic carbocycles. The second kappa shape index (κ2) is 6.90. The molecule has 0 radical (unpaired) electrons. The molecule has 114 valence electrons. The van der Waals surface area contributed by atoms with Crippen molar-refractivity contribution < 1.29 is 23.7 Å². The molecule has 0 saturated carbocycles. The van der Waals surface area contributed by atoms with Crippen LogP contribution in [-0.2, 0) is 23.7 Å². The van der Waals surface area contributed by atoms with E-state index >= 15 is 0 Å². The van der Waals surface area contributed by atoms with Crippen molar-refractivity contribution in [3.05, 3.63) is 10.4 Å². The first-order valence-electron chi connectivity index (χ1n) is 6.39. The maximum absolute atomic E-state index is 11.1. The summed E-state index contributed by atoms with van der Waals surface area (Å²) in [6.07, 6.45) is -1.36. The molecule has 4 atom stereocenters. The van der Waals surface area contributed by atoms with E-state index in [0.29, 0.717) is 6.42 Å². The Morgan fingerprint density at radius 3 is 2.65 bits per heavy atom. The number of azide groups is 1. The van der Waals surface area contributed by atoms with E-state index in [9.17, 15) is 4.79 Å². The molecule has 20 heavy (non-hydrogen) atoms. The highest BCUT2D eigenvalue weighted by atomic mass is 16.8. The van der Waals surface area contributed by atoms with E-state index in [1.807, 2.05) is 0 Å². The van der Waals surface area contributed by atoms with Gasteiger partial charge in [-0.3, -0.25) is 4.79 Å². The SMILES string of the molecule is COC(C)(C)OC1C[C@H](N=[N+]=[N-])[C@H](OC(C)=O)[C@H](C)O1. The molecule has 0 aromatic heterocycles. The first-order valence-corrected chi connectivity index (χ1v) is 6.39. The average molecular weight is 287 g/mol. The number of methoxy groups -OCH3 is 1. The third-order valence-corrected chi connectivity index (χ3v) is 3.05. The zero-order valence-electron chi connectivity index (χ0n) is 12.4. The van der Waals surface area contributed by atoms with Gasteiger partial charge in [-0.1, -0.05) is 5.11 Å². The van der Waals surface area contributed by atoms with Gasteiger partial charge in [0.25, 0.3) is 0 Å². The van der Waals surface area contributed by atoms with Crippen molar-refractivity contribution in [3.63, 3.8) is 0 Å². The molecule has 8 nitrogen and oxygen atoms in total. The molecule has 1 rings (SSSR count). The number of hydrogen-bond acceptors (Lipinski definition) is 6. The third kappa shape index (κ3) is 4.64. The first kappa shape index (κ1) is 16.7. The molecule has 0 N–H and O–H groups in total. The van der Waals surface area contributed by atoms with Crippen molar-refractivity contribution in [2.24, 2.45) is 5.11 Å². The van der Waals surface area contributed by atoms with Crippen LogP contribution >= 0.6 is 0 Å². The highest BCUT2D eigenvalue weighted by molar-refractivity contribution is 5.66. The van der Waals surface area contributed by atoms with Crippen LogP contribution < -0.4 is 0 Å². The lowest BCUT2D eigenvalue weighted by Crippen LogP contribution is -2.50. The zero-order chi connectivity index (χ0) is 15.3. The van der Waals surface area contributed by atoms with Crippen LogP contribution in [0.3, 0.4) is 0 Å². The largest absolute Gasteiger partial charge is 0.459 e. The molecule has 8 heteroatoms. The standard InChI is InChI=1S/C12H21N3O5/c1-7-11(19-8(2)16)9(14-15-13)6-10(18-7)20-12(3,4)17-5/h7,9-11H,6H2,1-5H3/t7-,9-,10?,11+/m0/s1. The lowest BCUT2D eigenvalue weighted by atomic mass is 10.00. The normalized spacial score (nSPS) is 30.4. The smallest absolute Gasteiger partial charge is 0.303 e. The van der Waals surface area contributed by atoms with Crippen molar-refractivity contribution >= 4 is 5.97 Å². The Bertz CT molecular complexity index is 395. The predicted octanol–water partition coefficient (Wildman–Crippen LogP) is 2.13. The van der Waals surface area contributed by atoms with Crippen LogP contribution in [0.25, 0.3) is 10.4 Å². The van der Waals surface area contributed by atoms with E-state index in [-0.39, 0.29) is 0 Å². The molecule has 1 saturated heterocycles. The summed E-state index contributed by atoms with van der Waals surface area (Å²) in [6, 6.07) is -0.537. The van der Waals surface area contributed by atoms with E-state index in [2.05, 4.69) is 10.0 Å². The molecule has 0 amide bonds. The van der Waals surface area contributed by atoms with Gasteiger partial charge in [0, 0.05) is 25.4 Å². The highest BCUT2D eigenvalue weighted by Crippen LogP contribution is 2.28. The summed E-state index contributed by atoms with van der Waals surface area (Å²) >= 11 is 0. The van der Waals surface area contributed by atoms with E-state index in [0.717, 1.165) is 0 Å². The summed E-state index contributed by atoms with van der Waals surface area (Å²) < 4.78 is 21.6. The molecule has 1 heterocycles. The summed E-state index contributed by atoms with van der Waals surface area (Å²) in [5.41, 5.74) is 8.63. The van der Waals surface area contributed by atoms with Gasteiger partial charge in [-0.05, 0) is 26.3 Å². The fraction of sp³-hybridized carbons (Fsp3) is 0.917. The van der Waals surface area contributed by atoms with Gasteiger partial charge in [-0.15, -0.1) is 0 Å². The Kier molecular flexibility index (Phi) is 5.76. The van der Waals surface area contributed by atoms with E-state index < -0.39 is 36.3 Å². The van der Waals surface area contributed by atoms with Crippen molar-refractivity contribution in [2.45, 2.75) is 64.4 Å². The van der Waals surface area contributed by atoms with Crippen molar-refractivity contribution in [1.29, 1.82) is 0 Å². The Labute approximate surface area is 117 Å². The van der Waals surface area contributed by atoms with Crippen LogP contribution in [-0.4, -0.2) is 43.4 Å². The van der Waals surface area contributed by atoms with Crippen molar-refractivity contribution in [1.82, 2.24) is 0 Å². The highest BCUT2D eigenvalue weighted by Gasteiger charge is 2.40. The third-order valence-electron chi connectivity index (χ3n) is 3.05. The van der Waals surface area contributed by atoms with Gasteiger partial charge in [-0.25, -0.2) is 0 Å². The molecule has 0 aromatic rings. The van der Waals surface area contributed by atoms with E-state index in [1.54, 1.807) is 20.8 Å². The van der Waals surface area contributed by atoms with Gasteiger partial charge in [0.15, 0.2) is 12.1 Å². The molecule has 1 aliphatic rings. The summed E-state index contributed by atoms with van der Waals surface area (Å²) in [7, 11) is 1.53. The molecule has 0 spiro atoms. The van der Waals surface area contributed by atoms with Crippen molar-refractivity contribution in [2.75, 3.05) is 7.11 Å². The van der Waals surface area contributed by atoms with Crippen LogP contribution in [0.4, 0.5) is 0 Å². The van der Waals surface area contributed by atoms with Crippen LogP contribution in [0, 0.1) is 0 Å². The second-order valence-electron chi connectivity index (χ2n) is 5.07. The fourth-order valence-electron chi connectivity index (χ4n) is 2.00. The minimum atomic E-state index is -0.820. The number of ether oxygens (including phenoxy) is 4. The fourth-order valence-corrected chi connectivity index (χ4v) is 2.00. The van der Waals surface area contributed by atoms with Gasteiger partial charge in [0.1, 0.15) is 6.10 Å². The lowest BCUT2D eigenvalue weighted by molar-refractivity contribution is -0.315. The molecule has 1 unspecified atom stereocenters. The molecule has 1 aliphatic heterocycles. The quantitative estimate of drug-likeness (QED) is 0.253.